The quantitative estimate of drug-likeness (QED) is 0.450. The van der Waals surface area contributed by atoms with Crippen LogP contribution in [0.15, 0.2) is 51.8 Å². The number of hydrogen-bond acceptors (Lipinski definition) is 9. The number of nitrogens with one attached hydrogen (secondary N) is 1. The van der Waals surface area contributed by atoms with Crippen molar-refractivity contribution in [1.82, 2.24) is 10.2 Å². The molecule has 1 amide bonds. The summed E-state index contributed by atoms with van der Waals surface area (Å²) >= 11 is 0. The topological polar surface area (TPSA) is 130 Å². The van der Waals surface area contributed by atoms with E-state index in [-0.39, 0.29) is 16.8 Å². The Kier molecular flexibility index (Phi) is 7.57. The van der Waals surface area contributed by atoms with Gasteiger partial charge in [0.2, 0.25) is 11.6 Å². The standard InChI is InChI=1S/C23H25N3O7S/c1-14(2)34(28,29)17-8-6-7-16(13-17)22-25-26-23(33-22)24-20(27)10-9-15-11-18(30-3)21(32-5)19(12-15)31-4/h6-14H,1-5H3,(H,24,26,27)/b10-9+. The predicted molar refractivity (Wildman–Crippen MR) is 126 cm³/mol. The lowest BCUT2D eigenvalue weighted by atomic mass is 10.1. The SMILES string of the molecule is COc1cc(/C=C/C(=O)Nc2nnc(-c3cccc(S(=O)(=O)C(C)C)c3)o2)cc(OC)c1OC. The number of carbonyl (C=O) groups excluding carboxylic acids is 1. The van der Waals surface area contributed by atoms with Crippen molar-refractivity contribution in [2.45, 2.75) is 24.0 Å². The summed E-state index contributed by atoms with van der Waals surface area (Å²) in [5.41, 5.74) is 1.06. The summed E-state index contributed by atoms with van der Waals surface area (Å²) in [7, 11) is 1.04. The van der Waals surface area contributed by atoms with E-state index in [0.29, 0.717) is 28.4 Å². The summed E-state index contributed by atoms with van der Waals surface area (Å²) in [6.45, 7) is 3.21. The summed E-state index contributed by atoms with van der Waals surface area (Å²) in [5.74, 6) is 0.899. The number of aromatic nitrogens is 2. The Bertz CT molecular complexity index is 1290. The third kappa shape index (κ3) is 5.37. The molecule has 3 rings (SSSR count). The van der Waals surface area contributed by atoms with Crippen LogP contribution >= 0.6 is 0 Å². The zero-order chi connectivity index (χ0) is 24.9. The zero-order valence-electron chi connectivity index (χ0n) is 19.4. The fourth-order valence-electron chi connectivity index (χ4n) is 2.99. The van der Waals surface area contributed by atoms with Gasteiger partial charge in [-0.3, -0.25) is 10.1 Å². The highest BCUT2D eigenvalue weighted by Crippen LogP contribution is 2.38. The number of sulfone groups is 1. The van der Waals surface area contributed by atoms with Gasteiger partial charge in [0.15, 0.2) is 21.3 Å². The molecule has 1 aromatic heterocycles. The van der Waals surface area contributed by atoms with Gasteiger partial charge in [0.05, 0.1) is 31.5 Å². The molecule has 34 heavy (non-hydrogen) atoms. The molecule has 1 N–H and O–H groups in total. The molecular formula is C23H25N3O7S. The van der Waals surface area contributed by atoms with Crippen LogP contribution < -0.4 is 19.5 Å². The van der Waals surface area contributed by atoms with Crippen LogP contribution in [0.4, 0.5) is 6.01 Å². The Morgan fingerprint density at radius 2 is 1.71 bits per heavy atom. The van der Waals surface area contributed by atoms with Crippen LogP contribution in [0, 0.1) is 0 Å². The van der Waals surface area contributed by atoms with Crippen LogP contribution in [0.1, 0.15) is 19.4 Å². The van der Waals surface area contributed by atoms with Crippen LogP contribution in [0.3, 0.4) is 0 Å². The summed E-state index contributed by atoms with van der Waals surface area (Å²) in [5, 5.41) is 9.60. The number of ether oxygens (including phenoxy) is 3. The van der Waals surface area contributed by atoms with Gasteiger partial charge in [-0.1, -0.05) is 11.2 Å². The number of benzene rings is 2. The highest BCUT2D eigenvalue weighted by Gasteiger charge is 2.20. The zero-order valence-corrected chi connectivity index (χ0v) is 20.2. The van der Waals surface area contributed by atoms with E-state index in [4.69, 9.17) is 18.6 Å². The van der Waals surface area contributed by atoms with Gasteiger partial charge in [-0.25, -0.2) is 8.42 Å². The minimum absolute atomic E-state index is 0.0738. The van der Waals surface area contributed by atoms with Crippen molar-refractivity contribution in [2.24, 2.45) is 0 Å². The minimum atomic E-state index is -3.46. The second-order valence-corrected chi connectivity index (χ2v) is 9.82. The third-order valence-electron chi connectivity index (χ3n) is 4.80. The maximum absolute atomic E-state index is 12.4. The van der Waals surface area contributed by atoms with E-state index < -0.39 is 21.0 Å². The molecule has 11 heteroatoms. The van der Waals surface area contributed by atoms with E-state index in [0.717, 1.165) is 0 Å². The first-order valence-electron chi connectivity index (χ1n) is 10.2. The lowest BCUT2D eigenvalue weighted by Crippen LogP contribution is -2.13. The molecule has 0 unspecified atom stereocenters. The van der Waals surface area contributed by atoms with Crippen molar-refractivity contribution in [3.8, 4) is 28.7 Å². The van der Waals surface area contributed by atoms with Gasteiger partial charge in [0.1, 0.15) is 0 Å². The highest BCUT2D eigenvalue weighted by atomic mass is 32.2. The van der Waals surface area contributed by atoms with Crippen LogP contribution in [-0.4, -0.2) is 51.1 Å². The number of nitrogens with zero attached hydrogens (tertiary/aromatic N) is 2. The Balaban J connectivity index is 1.75. The van der Waals surface area contributed by atoms with Crippen molar-refractivity contribution in [2.75, 3.05) is 26.6 Å². The molecule has 0 bridgehead atoms. The first-order chi connectivity index (χ1) is 16.2. The monoisotopic (exact) mass is 487 g/mol. The second kappa shape index (κ2) is 10.4. The molecule has 2 aromatic carbocycles. The molecule has 0 saturated heterocycles. The molecule has 3 aromatic rings. The van der Waals surface area contributed by atoms with Gasteiger partial charge in [-0.15, -0.1) is 5.10 Å². The Labute approximate surface area is 197 Å². The van der Waals surface area contributed by atoms with E-state index in [2.05, 4.69) is 15.5 Å². The van der Waals surface area contributed by atoms with Crippen molar-refractivity contribution in [3.05, 3.63) is 48.0 Å². The van der Waals surface area contributed by atoms with Gasteiger partial charge in [0, 0.05) is 11.6 Å². The first-order valence-corrected chi connectivity index (χ1v) is 11.7. The Morgan fingerprint density at radius 1 is 1.03 bits per heavy atom. The Hall–Kier alpha value is -3.86. The molecule has 1 heterocycles. The fourth-order valence-corrected chi connectivity index (χ4v) is 4.09. The summed E-state index contributed by atoms with van der Waals surface area (Å²) < 4.78 is 46.2. The first kappa shape index (κ1) is 24.8. The molecule has 0 aliphatic rings. The Morgan fingerprint density at radius 3 is 2.29 bits per heavy atom. The van der Waals surface area contributed by atoms with Gasteiger partial charge < -0.3 is 18.6 Å². The molecule has 0 fully saturated rings. The minimum Gasteiger partial charge on any atom is -0.493 e. The summed E-state index contributed by atoms with van der Waals surface area (Å²) in [4.78, 5) is 12.5. The van der Waals surface area contributed by atoms with Crippen LogP contribution in [0.5, 0.6) is 17.2 Å². The molecule has 0 saturated carbocycles. The largest absolute Gasteiger partial charge is 0.493 e. The average molecular weight is 488 g/mol. The lowest BCUT2D eigenvalue weighted by molar-refractivity contribution is -0.112. The number of amides is 1. The number of anilines is 1. The van der Waals surface area contributed by atoms with Gasteiger partial charge in [0.25, 0.3) is 5.91 Å². The second-order valence-electron chi connectivity index (χ2n) is 7.32. The normalized spacial score (nSPS) is 11.6. The van der Waals surface area contributed by atoms with Gasteiger partial charge in [-0.2, -0.15) is 0 Å². The number of methoxy groups -OCH3 is 3. The maximum Gasteiger partial charge on any atom is 0.322 e. The van der Waals surface area contributed by atoms with Crippen molar-refractivity contribution < 1.29 is 31.8 Å². The number of carbonyl (C=O) groups is 1. The van der Waals surface area contributed by atoms with Crippen molar-refractivity contribution in [1.29, 1.82) is 0 Å². The molecular weight excluding hydrogens is 462 g/mol. The predicted octanol–water partition coefficient (Wildman–Crippen LogP) is 3.60. The molecule has 0 spiro atoms. The molecule has 180 valence electrons. The molecule has 0 atom stereocenters. The summed E-state index contributed by atoms with van der Waals surface area (Å²) in [6.07, 6.45) is 2.83. The maximum atomic E-state index is 12.4. The number of rotatable bonds is 9. The van der Waals surface area contributed by atoms with Crippen LogP contribution in [-0.2, 0) is 14.6 Å². The highest BCUT2D eigenvalue weighted by molar-refractivity contribution is 7.92. The van der Waals surface area contributed by atoms with E-state index in [1.165, 1.54) is 39.5 Å². The van der Waals surface area contributed by atoms with E-state index in [9.17, 15) is 13.2 Å². The molecule has 10 nitrogen and oxygen atoms in total. The summed E-state index contributed by atoms with van der Waals surface area (Å²) in [6, 6.07) is 9.44. The lowest BCUT2D eigenvalue weighted by Gasteiger charge is -2.12. The number of hydrogen-bond donors (Lipinski definition) is 1. The smallest absolute Gasteiger partial charge is 0.322 e. The van der Waals surface area contributed by atoms with E-state index >= 15 is 0 Å². The van der Waals surface area contributed by atoms with Crippen molar-refractivity contribution in [3.63, 3.8) is 0 Å². The van der Waals surface area contributed by atoms with E-state index in [1.54, 1.807) is 44.2 Å². The molecule has 0 aliphatic heterocycles. The molecule has 0 radical (unpaired) electrons. The van der Waals surface area contributed by atoms with Crippen molar-refractivity contribution >= 4 is 27.8 Å². The average Bonchev–Trinajstić information content (AvgIpc) is 3.30. The van der Waals surface area contributed by atoms with E-state index in [1.807, 2.05) is 0 Å². The molecule has 0 aliphatic carbocycles. The van der Waals surface area contributed by atoms with Gasteiger partial charge >= 0.3 is 6.01 Å². The fraction of sp³-hybridized carbons (Fsp3) is 0.261. The van der Waals surface area contributed by atoms with Gasteiger partial charge in [-0.05, 0) is 55.8 Å². The third-order valence-corrected chi connectivity index (χ3v) is 6.95. The van der Waals surface area contributed by atoms with Crippen LogP contribution in [0.2, 0.25) is 0 Å². The van der Waals surface area contributed by atoms with Crippen LogP contribution in [0.25, 0.3) is 17.5 Å².